The summed E-state index contributed by atoms with van der Waals surface area (Å²) in [5.41, 5.74) is 1.03. The van der Waals surface area contributed by atoms with Crippen LogP contribution in [0.15, 0.2) is 6.07 Å². The molecule has 1 atom stereocenters. The monoisotopic (exact) mass is 239 g/mol. The zero-order valence-corrected chi connectivity index (χ0v) is 11.6. The summed E-state index contributed by atoms with van der Waals surface area (Å²) in [6, 6.07) is 2.56. The van der Waals surface area contributed by atoms with Crippen LogP contribution in [0.25, 0.3) is 0 Å². The van der Waals surface area contributed by atoms with Crippen molar-refractivity contribution in [2.45, 2.75) is 33.2 Å². The van der Waals surface area contributed by atoms with Gasteiger partial charge in [0, 0.05) is 24.8 Å². The fraction of sp³-hybridized carbons (Fsp3) is 0.667. The Labute approximate surface area is 103 Å². The smallest absolute Gasteiger partial charge is 0.132 e. The van der Waals surface area contributed by atoms with Gasteiger partial charge in [-0.2, -0.15) is 11.8 Å². The van der Waals surface area contributed by atoms with E-state index in [1.165, 1.54) is 12.2 Å². The van der Waals surface area contributed by atoms with E-state index in [0.717, 1.165) is 17.3 Å². The Morgan fingerprint density at radius 3 is 2.62 bits per heavy atom. The molecule has 0 fully saturated rings. The first-order valence-electron chi connectivity index (χ1n) is 5.58. The summed E-state index contributed by atoms with van der Waals surface area (Å²) in [5, 5.41) is 0. The Balaban J connectivity index is 2.74. The van der Waals surface area contributed by atoms with Crippen molar-refractivity contribution in [1.29, 1.82) is 0 Å². The number of rotatable bonds is 5. The van der Waals surface area contributed by atoms with Crippen molar-refractivity contribution in [3.63, 3.8) is 0 Å². The molecule has 1 heterocycles. The van der Waals surface area contributed by atoms with Gasteiger partial charge >= 0.3 is 0 Å². The van der Waals surface area contributed by atoms with Gasteiger partial charge in [0.15, 0.2) is 0 Å². The quantitative estimate of drug-likeness (QED) is 0.790. The van der Waals surface area contributed by atoms with Gasteiger partial charge in [0.2, 0.25) is 0 Å². The minimum atomic E-state index is 0.515. The minimum Gasteiger partial charge on any atom is -0.357 e. The van der Waals surface area contributed by atoms with Crippen LogP contribution in [-0.4, -0.2) is 35.1 Å². The molecule has 4 heteroatoms. The predicted molar refractivity (Wildman–Crippen MR) is 72.4 cm³/mol. The zero-order valence-electron chi connectivity index (χ0n) is 10.8. The van der Waals surface area contributed by atoms with E-state index in [0.29, 0.717) is 6.04 Å². The fourth-order valence-electron chi connectivity index (χ4n) is 1.59. The zero-order chi connectivity index (χ0) is 12.1. The average Bonchev–Trinajstić information content (AvgIpc) is 2.23. The standard InChI is InChI=1S/C12H21N3S/c1-9-8-12(14-11(3)13-9)15(4)10(2)6-7-16-5/h8,10H,6-7H2,1-5H3/t10-/m0/s1. The van der Waals surface area contributed by atoms with Crippen LogP contribution in [0.2, 0.25) is 0 Å². The number of hydrogen-bond acceptors (Lipinski definition) is 4. The van der Waals surface area contributed by atoms with E-state index in [1.54, 1.807) is 0 Å². The highest BCUT2D eigenvalue weighted by molar-refractivity contribution is 7.98. The van der Waals surface area contributed by atoms with Gasteiger partial charge in [-0.3, -0.25) is 0 Å². The third-order valence-corrected chi connectivity index (χ3v) is 3.36. The van der Waals surface area contributed by atoms with Crippen LogP contribution in [-0.2, 0) is 0 Å². The molecule has 0 aliphatic rings. The molecule has 0 unspecified atom stereocenters. The minimum absolute atomic E-state index is 0.515. The molecule has 0 saturated heterocycles. The Morgan fingerprint density at radius 1 is 1.38 bits per heavy atom. The largest absolute Gasteiger partial charge is 0.357 e. The first kappa shape index (κ1) is 13.3. The summed E-state index contributed by atoms with van der Waals surface area (Å²) in [4.78, 5) is 11.0. The van der Waals surface area contributed by atoms with Crippen molar-refractivity contribution in [1.82, 2.24) is 9.97 Å². The molecule has 90 valence electrons. The molecule has 1 aromatic rings. The number of hydrogen-bond donors (Lipinski definition) is 0. The van der Waals surface area contributed by atoms with Crippen LogP contribution >= 0.6 is 11.8 Å². The Bertz CT molecular complexity index is 321. The maximum Gasteiger partial charge on any atom is 0.132 e. The molecular weight excluding hydrogens is 218 g/mol. The van der Waals surface area contributed by atoms with Crippen molar-refractivity contribution in [2.24, 2.45) is 0 Å². The van der Waals surface area contributed by atoms with E-state index in [1.807, 2.05) is 31.7 Å². The second-order valence-electron chi connectivity index (χ2n) is 4.16. The lowest BCUT2D eigenvalue weighted by atomic mass is 10.2. The first-order valence-corrected chi connectivity index (χ1v) is 6.98. The number of thioether (sulfide) groups is 1. The summed E-state index contributed by atoms with van der Waals surface area (Å²) in [7, 11) is 2.10. The van der Waals surface area contributed by atoms with E-state index in [2.05, 4.69) is 35.1 Å². The average molecular weight is 239 g/mol. The van der Waals surface area contributed by atoms with Gasteiger partial charge < -0.3 is 4.90 Å². The lowest BCUT2D eigenvalue weighted by Crippen LogP contribution is -2.30. The van der Waals surface area contributed by atoms with Crippen LogP contribution in [0, 0.1) is 13.8 Å². The Hall–Kier alpha value is -0.770. The number of aromatic nitrogens is 2. The van der Waals surface area contributed by atoms with Gasteiger partial charge in [-0.05, 0) is 39.2 Å². The van der Waals surface area contributed by atoms with E-state index in [4.69, 9.17) is 0 Å². The van der Waals surface area contributed by atoms with Crippen molar-refractivity contribution in [3.05, 3.63) is 17.6 Å². The van der Waals surface area contributed by atoms with Crippen molar-refractivity contribution < 1.29 is 0 Å². The van der Waals surface area contributed by atoms with E-state index < -0.39 is 0 Å². The third kappa shape index (κ3) is 3.67. The van der Waals surface area contributed by atoms with Crippen LogP contribution in [0.4, 0.5) is 5.82 Å². The van der Waals surface area contributed by atoms with Gasteiger partial charge in [0.1, 0.15) is 11.6 Å². The lowest BCUT2D eigenvalue weighted by Gasteiger charge is -2.26. The molecule has 1 rings (SSSR count). The van der Waals surface area contributed by atoms with Crippen LogP contribution in [0.3, 0.4) is 0 Å². The Morgan fingerprint density at radius 2 is 2.06 bits per heavy atom. The molecule has 0 amide bonds. The number of nitrogens with zero attached hydrogens (tertiary/aromatic N) is 3. The lowest BCUT2D eigenvalue weighted by molar-refractivity contribution is 0.659. The molecule has 0 aliphatic heterocycles. The van der Waals surface area contributed by atoms with Gasteiger partial charge in [-0.15, -0.1) is 0 Å². The topological polar surface area (TPSA) is 29.0 Å². The maximum absolute atomic E-state index is 4.47. The molecule has 0 saturated carbocycles. The molecular formula is C12H21N3S. The van der Waals surface area contributed by atoms with Crippen LogP contribution in [0.5, 0.6) is 0 Å². The second-order valence-corrected chi connectivity index (χ2v) is 5.14. The summed E-state index contributed by atoms with van der Waals surface area (Å²) in [5.74, 6) is 3.06. The molecule has 0 spiro atoms. The summed E-state index contributed by atoms with van der Waals surface area (Å²) < 4.78 is 0. The normalized spacial score (nSPS) is 12.6. The molecule has 0 N–H and O–H groups in total. The van der Waals surface area contributed by atoms with E-state index in [-0.39, 0.29) is 0 Å². The Kier molecular flexibility index (Phi) is 5.06. The summed E-state index contributed by atoms with van der Waals surface area (Å²) in [6.45, 7) is 6.19. The number of aryl methyl sites for hydroxylation is 2. The van der Waals surface area contributed by atoms with Gasteiger partial charge in [-0.1, -0.05) is 0 Å². The van der Waals surface area contributed by atoms with Crippen molar-refractivity contribution >= 4 is 17.6 Å². The first-order chi connectivity index (χ1) is 7.54. The van der Waals surface area contributed by atoms with Crippen LogP contribution < -0.4 is 4.90 Å². The van der Waals surface area contributed by atoms with Gasteiger partial charge in [0.25, 0.3) is 0 Å². The highest BCUT2D eigenvalue weighted by atomic mass is 32.2. The SMILES string of the molecule is CSCC[C@H](C)N(C)c1cc(C)nc(C)n1. The maximum atomic E-state index is 4.47. The highest BCUT2D eigenvalue weighted by Crippen LogP contribution is 2.16. The molecule has 0 radical (unpaired) electrons. The molecule has 3 nitrogen and oxygen atoms in total. The number of anilines is 1. The highest BCUT2D eigenvalue weighted by Gasteiger charge is 2.11. The van der Waals surface area contributed by atoms with Crippen molar-refractivity contribution in [2.75, 3.05) is 24.0 Å². The van der Waals surface area contributed by atoms with Gasteiger partial charge in [0.05, 0.1) is 0 Å². The van der Waals surface area contributed by atoms with Crippen molar-refractivity contribution in [3.8, 4) is 0 Å². The van der Waals surface area contributed by atoms with Crippen LogP contribution in [0.1, 0.15) is 24.9 Å². The second kappa shape index (κ2) is 6.09. The summed E-state index contributed by atoms with van der Waals surface area (Å²) in [6.07, 6.45) is 3.32. The molecule has 0 aliphatic carbocycles. The third-order valence-electron chi connectivity index (χ3n) is 2.71. The predicted octanol–water partition coefficient (Wildman–Crippen LogP) is 2.67. The molecule has 0 aromatic carbocycles. The molecule has 1 aromatic heterocycles. The van der Waals surface area contributed by atoms with E-state index in [9.17, 15) is 0 Å². The fourth-order valence-corrected chi connectivity index (χ4v) is 2.16. The van der Waals surface area contributed by atoms with Gasteiger partial charge in [-0.25, -0.2) is 9.97 Å². The summed E-state index contributed by atoms with van der Waals surface area (Å²) >= 11 is 1.89. The molecule has 16 heavy (non-hydrogen) atoms. The van der Waals surface area contributed by atoms with E-state index >= 15 is 0 Å². The molecule has 0 bridgehead atoms.